The van der Waals surface area contributed by atoms with Crippen LogP contribution < -0.4 is 0 Å². The maximum Gasteiger partial charge on any atom is 0.159 e. The van der Waals surface area contributed by atoms with Gasteiger partial charge in [0, 0.05) is 13.0 Å². The van der Waals surface area contributed by atoms with E-state index >= 15 is 0 Å². The third-order valence-electron chi connectivity index (χ3n) is 2.76. The Hall–Kier alpha value is -0.190. The number of rotatable bonds is 4. The van der Waals surface area contributed by atoms with E-state index in [1.165, 1.54) is 12.8 Å². The lowest BCUT2D eigenvalue weighted by molar-refractivity contribution is 0.0923. The van der Waals surface area contributed by atoms with Gasteiger partial charge in [0.1, 0.15) is 11.3 Å². The Balaban J connectivity index is 2.39. The van der Waals surface area contributed by atoms with Crippen LogP contribution in [0.5, 0.6) is 0 Å². The molecule has 16 heavy (non-hydrogen) atoms. The molecule has 1 aliphatic carbocycles. The molecule has 0 aliphatic heterocycles. The fourth-order valence-electron chi connectivity index (χ4n) is 1.68. The minimum atomic E-state index is -0.0666. The zero-order valence-electron chi connectivity index (χ0n) is 9.33. The summed E-state index contributed by atoms with van der Waals surface area (Å²) in [5.41, 5.74) is 1.03. The van der Waals surface area contributed by atoms with Crippen LogP contribution in [-0.4, -0.2) is 17.1 Å². The highest BCUT2D eigenvalue weighted by atomic mass is 79.9. The summed E-state index contributed by atoms with van der Waals surface area (Å²) in [6.45, 7) is 2.05. The molecule has 1 fully saturated rings. The van der Waals surface area contributed by atoms with Gasteiger partial charge in [-0.1, -0.05) is 18.5 Å². The van der Waals surface area contributed by atoms with Gasteiger partial charge in [-0.05, 0) is 35.2 Å². The Bertz CT molecular complexity index is 392. The number of hydrogen-bond acceptors (Lipinski definition) is 3. The first-order chi connectivity index (χ1) is 7.67. The minimum absolute atomic E-state index is 0.0666. The van der Waals surface area contributed by atoms with Crippen LogP contribution in [0.2, 0.25) is 5.15 Å². The molecule has 0 saturated heterocycles. The second kappa shape index (κ2) is 4.98. The standard InChI is InChI=1S/C11H14BrClN2O/c1-3-7(16-2)11-14-9(6-4-5-6)8(12)10(13)15-11/h6-7H,3-5H2,1-2H3. The third-order valence-corrected chi connectivity index (χ3v) is 4.04. The highest BCUT2D eigenvalue weighted by molar-refractivity contribution is 9.10. The predicted molar refractivity (Wildman–Crippen MR) is 66.8 cm³/mol. The van der Waals surface area contributed by atoms with Crippen LogP contribution in [-0.2, 0) is 4.74 Å². The van der Waals surface area contributed by atoms with E-state index in [-0.39, 0.29) is 6.10 Å². The molecule has 1 saturated carbocycles. The molecule has 0 N–H and O–H groups in total. The van der Waals surface area contributed by atoms with Crippen molar-refractivity contribution >= 4 is 27.5 Å². The molecular formula is C11H14BrClN2O. The Morgan fingerprint density at radius 2 is 2.19 bits per heavy atom. The molecule has 5 heteroatoms. The van der Waals surface area contributed by atoms with Gasteiger partial charge in [-0.2, -0.15) is 0 Å². The second-order valence-electron chi connectivity index (χ2n) is 3.98. The number of nitrogens with zero attached hydrogens (tertiary/aromatic N) is 2. The van der Waals surface area contributed by atoms with E-state index in [0.717, 1.165) is 16.6 Å². The van der Waals surface area contributed by atoms with Crippen LogP contribution in [0.1, 0.15) is 49.7 Å². The fraction of sp³-hybridized carbons (Fsp3) is 0.636. The first-order valence-corrected chi connectivity index (χ1v) is 6.60. The zero-order chi connectivity index (χ0) is 11.7. The third kappa shape index (κ3) is 2.39. The molecule has 0 amide bonds. The van der Waals surface area contributed by atoms with E-state index < -0.39 is 0 Å². The SMILES string of the molecule is CCC(OC)c1nc(Cl)c(Br)c(C2CC2)n1. The molecule has 0 radical (unpaired) electrons. The van der Waals surface area contributed by atoms with Crippen LogP contribution in [0.15, 0.2) is 4.47 Å². The first-order valence-electron chi connectivity index (χ1n) is 5.43. The first kappa shape index (κ1) is 12.3. The van der Waals surface area contributed by atoms with Crippen LogP contribution in [0.3, 0.4) is 0 Å². The van der Waals surface area contributed by atoms with Gasteiger partial charge in [-0.3, -0.25) is 0 Å². The lowest BCUT2D eigenvalue weighted by Crippen LogP contribution is -2.08. The number of aromatic nitrogens is 2. The fourth-order valence-corrected chi connectivity index (χ4v) is 2.36. The molecule has 1 heterocycles. The van der Waals surface area contributed by atoms with Gasteiger partial charge in [0.05, 0.1) is 10.2 Å². The topological polar surface area (TPSA) is 35.0 Å². The van der Waals surface area contributed by atoms with Gasteiger partial charge in [-0.15, -0.1) is 0 Å². The van der Waals surface area contributed by atoms with Crippen LogP contribution in [0.25, 0.3) is 0 Å². The van der Waals surface area contributed by atoms with Crippen LogP contribution >= 0.6 is 27.5 Å². The molecule has 0 bridgehead atoms. The molecule has 0 aromatic carbocycles. The zero-order valence-corrected chi connectivity index (χ0v) is 11.7. The largest absolute Gasteiger partial charge is 0.373 e. The van der Waals surface area contributed by atoms with Crippen molar-refractivity contribution in [2.45, 2.75) is 38.2 Å². The van der Waals surface area contributed by atoms with Crippen LogP contribution in [0.4, 0.5) is 0 Å². The molecule has 88 valence electrons. The summed E-state index contributed by atoms with van der Waals surface area (Å²) in [5, 5.41) is 0.488. The number of hydrogen-bond donors (Lipinski definition) is 0. The average Bonchev–Trinajstić information content (AvgIpc) is 3.08. The Morgan fingerprint density at radius 1 is 1.50 bits per heavy atom. The number of methoxy groups -OCH3 is 1. The van der Waals surface area contributed by atoms with Gasteiger partial charge in [0.2, 0.25) is 0 Å². The second-order valence-corrected chi connectivity index (χ2v) is 5.13. The predicted octanol–water partition coefficient (Wildman–Crippen LogP) is 3.87. The molecule has 3 nitrogen and oxygen atoms in total. The Morgan fingerprint density at radius 3 is 2.69 bits per heavy atom. The lowest BCUT2D eigenvalue weighted by atomic mass is 10.2. The van der Waals surface area contributed by atoms with Crippen LogP contribution in [0, 0.1) is 0 Å². The molecular weight excluding hydrogens is 291 g/mol. The molecule has 1 aliphatic rings. The van der Waals surface area contributed by atoms with Gasteiger partial charge in [0.15, 0.2) is 5.82 Å². The molecule has 2 rings (SSSR count). The molecule has 1 unspecified atom stereocenters. The summed E-state index contributed by atoms with van der Waals surface area (Å²) in [4.78, 5) is 8.84. The minimum Gasteiger partial charge on any atom is -0.373 e. The smallest absolute Gasteiger partial charge is 0.159 e. The van der Waals surface area contributed by atoms with E-state index in [0.29, 0.717) is 16.9 Å². The summed E-state index contributed by atoms with van der Waals surface area (Å²) in [6, 6.07) is 0. The van der Waals surface area contributed by atoms with Gasteiger partial charge < -0.3 is 4.74 Å². The normalized spacial score (nSPS) is 17.5. The van der Waals surface area contributed by atoms with Crippen molar-refractivity contribution in [2.24, 2.45) is 0 Å². The summed E-state index contributed by atoms with van der Waals surface area (Å²) < 4.78 is 6.18. The van der Waals surface area contributed by atoms with Crippen molar-refractivity contribution in [3.63, 3.8) is 0 Å². The lowest BCUT2D eigenvalue weighted by Gasteiger charge is -2.14. The van der Waals surface area contributed by atoms with Crippen molar-refractivity contribution in [3.05, 3.63) is 21.1 Å². The quantitative estimate of drug-likeness (QED) is 0.792. The number of halogens is 2. The molecule has 1 aromatic heterocycles. The van der Waals surface area contributed by atoms with Crippen molar-refractivity contribution in [3.8, 4) is 0 Å². The monoisotopic (exact) mass is 304 g/mol. The van der Waals surface area contributed by atoms with Gasteiger partial charge in [-0.25, -0.2) is 9.97 Å². The maximum atomic E-state index is 6.10. The van der Waals surface area contributed by atoms with E-state index in [2.05, 4.69) is 25.9 Å². The molecule has 1 aromatic rings. The van der Waals surface area contributed by atoms with Gasteiger partial charge in [0.25, 0.3) is 0 Å². The van der Waals surface area contributed by atoms with E-state index in [1.54, 1.807) is 7.11 Å². The van der Waals surface area contributed by atoms with Gasteiger partial charge >= 0.3 is 0 Å². The van der Waals surface area contributed by atoms with E-state index in [1.807, 2.05) is 6.92 Å². The van der Waals surface area contributed by atoms with Crippen molar-refractivity contribution in [1.29, 1.82) is 0 Å². The Labute approximate surface area is 109 Å². The average molecular weight is 306 g/mol. The van der Waals surface area contributed by atoms with E-state index in [4.69, 9.17) is 16.3 Å². The van der Waals surface area contributed by atoms with E-state index in [9.17, 15) is 0 Å². The van der Waals surface area contributed by atoms with Crippen molar-refractivity contribution in [2.75, 3.05) is 7.11 Å². The highest BCUT2D eigenvalue weighted by Gasteiger charge is 2.30. The van der Waals surface area contributed by atoms with Crippen molar-refractivity contribution < 1.29 is 4.74 Å². The maximum absolute atomic E-state index is 6.10. The van der Waals surface area contributed by atoms with Crippen molar-refractivity contribution in [1.82, 2.24) is 9.97 Å². The summed E-state index contributed by atoms with van der Waals surface area (Å²) in [7, 11) is 1.67. The number of ether oxygens (including phenoxy) is 1. The highest BCUT2D eigenvalue weighted by Crippen LogP contribution is 2.44. The molecule has 1 atom stereocenters. The summed E-state index contributed by atoms with van der Waals surface area (Å²) in [6.07, 6.45) is 3.16. The summed E-state index contributed by atoms with van der Waals surface area (Å²) in [5.74, 6) is 1.24. The Kier molecular flexibility index (Phi) is 3.82. The summed E-state index contributed by atoms with van der Waals surface area (Å²) >= 11 is 9.55. The molecule has 0 spiro atoms.